The lowest BCUT2D eigenvalue weighted by Crippen LogP contribution is -2.24. The van der Waals surface area contributed by atoms with Gasteiger partial charge >= 0.3 is 0 Å². The van der Waals surface area contributed by atoms with Crippen molar-refractivity contribution in [3.05, 3.63) is 29.8 Å². The van der Waals surface area contributed by atoms with Crippen LogP contribution < -0.4 is 0 Å². The first-order chi connectivity index (χ1) is 9.19. The van der Waals surface area contributed by atoms with Gasteiger partial charge in [-0.2, -0.15) is 5.26 Å². The number of halogens is 1. The number of hydrogen-bond donors (Lipinski definition) is 0. The van der Waals surface area contributed by atoms with Gasteiger partial charge in [-0.3, -0.25) is 4.90 Å². The van der Waals surface area contributed by atoms with Gasteiger partial charge in [0.05, 0.1) is 23.6 Å². The minimum absolute atomic E-state index is 0.235. The lowest BCUT2D eigenvalue weighted by molar-refractivity contribution is 0.285. The molecule has 0 fully saturated rings. The first kappa shape index (κ1) is 13.5. The van der Waals surface area contributed by atoms with Crippen LogP contribution in [0.1, 0.15) is 19.7 Å². The van der Waals surface area contributed by atoms with Crippen molar-refractivity contribution in [2.24, 2.45) is 0 Å². The predicted molar refractivity (Wildman–Crippen MR) is 71.9 cm³/mol. The van der Waals surface area contributed by atoms with Crippen molar-refractivity contribution in [1.29, 1.82) is 5.26 Å². The lowest BCUT2D eigenvalue weighted by atomic mass is 10.3. The third kappa shape index (κ3) is 2.74. The molecule has 5 heteroatoms. The fourth-order valence-electron chi connectivity index (χ4n) is 2.17. The normalized spacial score (nSPS) is 11.1. The van der Waals surface area contributed by atoms with E-state index in [0.717, 1.165) is 24.4 Å². The summed E-state index contributed by atoms with van der Waals surface area (Å²) >= 11 is 0. The Morgan fingerprint density at radius 1 is 1.37 bits per heavy atom. The molecule has 19 heavy (non-hydrogen) atoms. The molecule has 100 valence electrons. The Morgan fingerprint density at radius 3 is 2.74 bits per heavy atom. The molecular formula is C14H17FN4. The number of nitrogens with zero attached hydrogens (tertiary/aromatic N) is 4. The smallest absolute Gasteiger partial charge is 0.125 e. The third-order valence-electron chi connectivity index (χ3n) is 3.28. The molecule has 4 nitrogen and oxygen atoms in total. The van der Waals surface area contributed by atoms with Gasteiger partial charge in [-0.05, 0) is 25.2 Å². The van der Waals surface area contributed by atoms with E-state index < -0.39 is 0 Å². The highest BCUT2D eigenvalue weighted by Gasteiger charge is 2.13. The fraction of sp³-hybridized carbons (Fsp3) is 0.429. The topological polar surface area (TPSA) is 44.9 Å². The summed E-state index contributed by atoms with van der Waals surface area (Å²) in [5.74, 6) is 0.509. The Bertz CT molecular complexity index is 608. The van der Waals surface area contributed by atoms with Gasteiger partial charge in [-0.25, -0.2) is 9.37 Å². The quantitative estimate of drug-likeness (QED) is 0.830. The van der Waals surface area contributed by atoms with Crippen LogP contribution in [0.3, 0.4) is 0 Å². The molecule has 0 saturated heterocycles. The average Bonchev–Trinajstić information content (AvgIpc) is 2.73. The van der Waals surface area contributed by atoms with Crippen LogP contribution in [0.5, 0.6) is 0 Å². The zero-order valence-electron chi connectivity index (χ0n) is 11.2. The van der Waals surface area contributed by atoms with Gasteiger partial charge in [0.25, 0.3) is 0 Å². The maximum atomic E-state index is 13.2. The van der Waals surface area contributed by atoms with Crippen molar-refractivity contribution < 1.29 is 4.39 Å². The fourth-order valence-corrected chi connectivity index (χ4v) is 2.17. The van der Waals surface area contributed by atoms with Gasteiger partial charge in [0.1, 0.15) is 18.2 Å². The van der Waals surface area contributed by atoms with Crippen LogP contribution in [0.25, 0.3) is 11.0 Å². The summed E-state index contributed by atoms with van der Waals surface area (Å²) in [6.07, 6.45) is 0. The molecule has 1 heterocycles. The van der Waals surface area contributed by atoms with Crippen LogP contribution in [0.2, 0.25) is 0 Å². The van der Waals surface area contributed by atoms with E-state index >= 15 is 0 Å². The van der Waals surface area contributed by atoms with Crippen molar-refractivity contribution in [2.75, 3.05) is 13.1 Å². The van der Waals surface area contributed by atoms with E-state index in [9.17, 15) is 4.39 Å². The highest BCUT2D eigenvalue weighted by atomic mass is 19.1. The largest absolute Gasteiger partial charge is 0.313 e. The molecule has 0 aliphatic carbocycles. The second-order valence-corrected chi connectivity index (χ2v) is 4.37. The molecule has 0 atom stereocenters. The summed E-state index contributed by atoms with van der Waals surface area (Å²) in [6, 6.07) is 6.63. The molecule has 2 aromatic rings. The predicted octanol–water partition coefficient (Wildman–Crippen LogP) is 2.54. The molecule has 2 rings (SSSR count). The summed E-state index contributed by atoms with van der Waals surface area (Å²) in [6.45, 7) is 6.91. The van der Waals surface area contributed by atoms with Crippen molar-refractivity contribution in [2.45, 2.75) is 26.9 Å². The van der Waals surface area contributed by atoms with Crippen molar-refractivity contribution in [1.82, 2.24) is 14.5 Å². The monoisotopic (exact) mass is 260 g/mol. The molecule has 0 spiro atoms. The van der Waals surface area contributed by atoms with Gasteiger partial charge in [0, 0.05) is 6.07 Å². The first-order valence-electron chi connectivity index (χ1n) is 6.43. The first-order valence-corrected chi connectivity index (χ1v) is 6.43. The van der Waals surface area contributed by atoms with E-state index in [2.05, 4.69) is 29.8 Å². The van der Waals surface area contributed by atoms with Gasteiger partial charge in [-0.1, -0.05) is 13.8 Å². The number of fused-ring (bicyclic) bond motifs is 1. The second-order valence-electron chi connectivity index (χ2n) is 4.37. The van der Waals surface area contributed by atoms with Gasteiger partial charge in [0.15, 0.2) is 0 Å². The summed E-state index contributed by atoms with van der Waals surface area (Å²) < 4.78 is 15.1. The summed E-state index contributed by atoms with van der Waals surface area (Å²) in [5.41, 5.74) is 1.42. The van der Waals surface area contributed by atoms with Gasteiger partial charge in [0.2, 0.25) is 0 Å². The van der Waals surface area contributed by atoms with E-state index in [-0.39, 0.29) is 12.4 Å². The van der Waals surface area contributed by atoms with Crippen molar-refractivity contribution in [3.63, 3.8) is 0 Å². The van der Waals surface area contributed by atoms with Crippen LogP contribution in [0.4, 0.5) is 4.39 Å². The molecule has 0 aliphatic heterocycles. The van der Waals surface area contributed by atoms with Crippen LogP contribution >= 0.6 is 0 Å². The zero-order chi connectivity index (χ0) is 13.8. The lowest BCUT2D eigenvalue weighted by Gasteiger charge is -2.17. The second kappa shape index (κ2) is 5.81. The third-order valence-corrected chi connectivity index (χ3v) is 3.28. The molecule has 1 aromatic heterocycles. The maximum Gasteiger partial charge on any atom is 0.125 e. The Balaban J connectivity index is 2.47. The van der Waals surface area contributed by atoms with E-state index in [0.29, 0.717) is 12.1 Å². The zero-order valence-corrected chi connectivity index (χ0v) is 11.2. The highest BCUT2D eigenvalue weighted by molar-refractivity contribution is 5.76. The van der Waals surface area contributed by atoms with Crippen LogP contribution in [-0.4, -0.2) is 27.5 Å². The summed E-state index contributed by atoms with van der Waals surface area (Å²) in [5, 5.41) is 8.94. The number of benzene rings is 1. The summed E-state index contributed by atoms with van der Waals surface area (Å²) in [4.78, 5) is 6.67. The number of rotatable bonds is 5. The highest BCUT2D eigenvalue weighted by Crippen LogP contribution is 2.18. The minimum Gasteiger partial charge on any atom is -0.313 e. The number of imidazole rings is 1. The molecule has 0 saturated carbocycles. The number of nitriles is 1. The number of hydrogen-bond acceptors (Lipinski definition) is 3. The molecule has 0 radical (unpaired) electrons. The molecule has 0 aliphatic rings. The molecule has 0 unspecified atom stereocenters. The molecular weight excluding hydrogens is 243 g/mol. The summed E-state index contributed by atoms with van der Waals surface area (Å²) in [7, 11) is 0. The van der Waals surface area contributed by atoms with E-state index in [4.69, 9.17) is 5.26 Å². The van der Waals surface area contributed by atoms with Gasteiger partial charge < -0.3 is 4.57 Å². The van der Waals surface area contributed by atoms with Crippen LogP contribution in [0, 0.1) is 17.1 Å². The Hall–Kier alpha value is -1.93. The molecule has 0 amide bonds. The Kier molecular flexibility index (Phi) is 4.13. The minimum atomic E-state index is -0.302. The van der Waals surface area contributed by atoms with Crippen LogP contribution in [0.15, 0.2) is 18.2 Å². The van der Waals surface area contributed by atoms with Crippen molar-refractivity contribution in [3.8, 4) is 6.07 Å². The molecule has 0 bridgehead atoms. The molecule has 1 aromatic carbocycles. The Labute approximate surface area is 112 Å². The van der Waals surface area contributed by atoms with Crippen LogP contribution in [-0.2, 0) is 13.1 Å². The van der Waals surface area contributed by atoms with Crippen molar-refractivity contribution >= 4 is 11.0 Å². The van der Waals surface area contributed by atoms with E-state index in [1.807, 2.05) is 4.57 Å². The Morgan fingerprint density at radius 2 is 2.11 bits per heavy atom. The number of aromatic nitrogens is 2. The SMILES string of the molecule is CCN(CC)Cc1nc2cc(F)ccc2n1CC#N. The van der Waals surface area contributed by atoms with Gasteiger partial charge in [-0.15, -0.1) is 0 Å². The van der Waals surface area contributed by atoms with E-state index in [1.165, 1.54) is 12.1 Å². The van der Waals surface area contributed by atoms with E-state index in [1.54, 1.807) is 6.07 Å². The molecule has 0 N–H and O–H groups in total. The average molecular weight is 260 g/mol. The maximum absolute atomic E-state index is 13.2. The standard InChI is InChI=1S/C14H17FN4/c1-3-18(4-2)10-14-17-12-9-11(15)5-6-13(12)19(14)8-7-16/h5-6,9H,3-4,8,10H2,1-2H3.